The molecule has 0 aliphatic heterocycles. The Morgan fingerprint density at radius 3 is 1.52 bits per heavy atom. The van der Waals surface area contributed by atoms with Crippen molar-refractivity contribution in [2.75, 3.05) is 24.9 Å². The van der Waals surface area contributed by atoms with E-state index in [1.165, 1.54) is 74.0 Å². The molecule has 0 fully saturated rings. The number of esters is 1. The summed E-state index contributed by atoms with van der Waals surface area (Å²) in [7, 11) is -5.32. The third-order valence-electron chi connectivity index (χ3n) is 8.17. The predicted octanol–water partition coefficient (Wildman–Crippen LogP) is 9.96. The minimum absolute atomic E-state index is 0. The van der Waals surface area contributed by atoms with Crippen molar-refractivity contribution in [2.45, 2.75) is 57.1 Å². The van der Waals surface area contributed by atoms with Crippen LogP contribution in [0.25, 0.3) is 0 Å². The van der Waals surface area contributed by atoms with Crippen molar-refractivity contribution in [3.05, 3.63) is 132 Å². The molecule has 0 unspecified atom stereocenters. The highest BCUT2D eigenvalue weighted by Crippen LogP contribution is 2.33. The molecule has 0 saturated carbocycles. The smallest absolute Gasteiger partial charge is 0.338 e. The zero-order valence-electron chi connectivity index (χ0n) is 35.6. The van der Waals surface area contributed by atoms with Crippen LogP contribution in [-0.4, -0.2) is 76.6 Å². The van der Waals surface area contributed by atoms with E-state index >= 15 is 0 Å². The van der Waals surface area contributed by atoms with E-state index in [4.69, 9.17) is 33.5 Å². The Hall–Kier alpha value is -6.96. The Morgan fingerprint density at radius 2 is 1.06 bits per heavy atom. The van der Waals surface area contributed by atoms with Crippen LogP contribution in [0, 0.1) is 0 Å². The number of carboxylic acids is 1. The second-order valence-corrected chi connectivity index (χ2v) is 19.3. The molecular weight excluding hydrogens is 901 g/mol. The zero-order chi connectivity index (χ0) is 46.8. The number of sulfone groups is 2. The molecule has 0 aliphatic carbocycles. The van der Waals surface area contributed by atoms with Crippen molar-refractivity contribution in [1.82, 2.24) is 4.98 Å². The molecular formula is C46H48N2O14S3. The lowest BCUT2D eigenvalue weighted by Gasteiger charge is -2.14. The standard InChI is InChI=1S/C27H24N2O8S2.C18H20O6S.CH4/c1-16(2)35-21-12-18(13-22(14-21)36-19-7-9-23(10-8-19)39(3,33)34)25(30)29-27-28-15-24(38-27)37-20-6-4-5-17(11-20)26(31)32;1-12(2)23-15-9-13(18(19)22-3)10-16(11-15)24-14-5-7-17(8-6-14)25(4,20)21;/h4-16H,1-3H3,(H,31,32)(H,28,29,30);5-12H,1-4H3;1H4. The second-order valence-electron chi connectivity index (χ2n) is 14.3. The normalized spacial score (nSPS) is 11.0. The van der Waals surface area contributed by atoms with Gasteiger partial charge in [-0.05, 0) is 119 Å². The predicted molar refractivity (Wildman–Crippen MR) is 245 cm³/mol. The van der Waals surface area contributed by atoms with E-state index in [0.29, 0.717) is 50.9 Å². The van der Waals surface area contributed by atoms with E-state index in [0.717, 1.165) is 23.8 Å². The van der Waals surface area contributed by atoms with Crippen LogP contribution in [0.3, 0.4) is 0 Å². The highest BCUT2D eigenvalue weighted by Gasteiger charge is 2.17. The molecule has 2 N–H and O–H groups in total. The average Bonchev–Trinajstić information content (AvgIpc) is 3.66. The van der Waals surface area contributed by atoms with Gasteiger partial charge in [0.25, 0.3) is 5.91 Å². The maximum atomic E-state index is 13.1. The van der Waals surface area contributed by atoms with Crippen LogP contribution in [-0.2, 0) is 24.4 Å². The Balaban J connectivity index is 0.000000308. The van der Waals surface area contributed by atoms with Crippen molar-refractivity contribution in [1.29, 1.82) is 0 Å². The van der Waals surface area contributed by atoms with Crippen LogP contribution < -0.4 is 29.0 Å². The van der Waals surface area contributed by atoms with Crippen LogP contribution in [0.5, 0.6) is 45.3 Å². The lowest BCUT2D eigenvalue weighted by atomic mass is 10.2. The number of anilines is 1. The number of thiazole rings is 1. The number of methoxy groups -OCH3 is 1. The third kappa shape index (κ3) is 15.4. The number of carboxylic acid groups (broad SMARTS) is 1. The van der Waals surface area contributed by atoms with Gasteiger partial charge in [0.15, 0.2) is 24.8 Å². The number of amides is 1. The number of aromatic nitrogens is 1. The number of nitrogens with one attached hydrogen (secondary N) is 1. The van der Waals surface area contributed by atoms with Gasteiger partial charge >= 0.3 is 11.9 Å². The van der Waals surface area contributed by atoms with Gasteiger partial charge in [-0.15, -0.1) is 0 Å². The molecule has 0 spiro atoms. The van der Waals surface area contributed by atoms with Gasteiger partial charge in [0, 0.05) is 30.2 Å². The number of carbonyl (C=O) groups is 3. The fraction of sp³-hybridized carbons (Fsp3) is 0.217. The molecule has 16 nitrogen and oxygen atoms in total. The fourth-order valence-corrected chi connectivity index (χ4v) is 7.38. The molecule has 65 heavy (non-hydrogen) atoms. The summed E-state index contributed by atoms with van der Waals surface area (Å²) < 4.78 is 79.8. The highest BCUT2D eigenvalue weighted by molar-refractivity contribution is 7.91. The van der Waals surface area contributed by atoms with Gasteiger partial charge in [-0.25, -0.2) is 31.4 Å². The van der Waals surface area contributed by atoms with Gasteiger partial charge in [-0.3, -0.25) is 10.1 Å². The topological polar surface area (TPSA) is 220 Å². The van der Waals surface area contributed by atoms with E-state index in [-0.39, 0.29) is 45.7 Å². The zero-order valence-corrected chi connectivity index (χ0v) is 38.0. The van der Waals surface area contributed by atoms with Gasteiger partial charge in [0.1, 0.15) is 40.2 Å². The van der Waals surface area contributed by atoms with Crippen LogP contribution >= 0.6 is 11.3 Å². The summed E-state index contributed by atoms with van der Waals surface area (Å²) in [6.07, 6.45) is 3.44. The molecule has 0 saturated heterocycles. The summed E-state index contributed by atoms with van der Waals surface area (Å²) in [5.74, 6) is 0.646. The number of aromatic carboxylic acids is 1. The summed E-state index contributed by atoms with van der Waals surface area (Å²) in [6, 6.07) is 27.4. The molecule has 1 heterocycles. The molecule has 1 amide bonds. The first-order valence-corrected chi connectivity index (χ1v) is 23.7. The summed E-state index contributed by atoms with van der Waals surface area (Å²) >= 11 is 1.07. The first-order chi connectivity index (χ1) is 30.1. The van der Waals surface area contributed by atoms with Crippen molar-refractivity contribution in [3.63, 3.8) is 0 Å². The number of rotatable bonds is 16. The lowest BCUT2D eigenvalue weighted by Crippen LogP contribution is -2.13. The van der Waals surface area contributed by atoms with Crippen LogP contribution in [0.1, 0.15) is 66.2 Å². The molecule has 0 radical (unpaired) electrons. The summed E-state index contributed by atoms with van der Waals surface area (Å²) in [5, 5.41) is 12.5. The van der Waals surface area contributed by atoms with E-state index in [1.54, 1.807) is 48.5 Å². The molecule has 0 bridgehead atoms. The molecule has 6 aromatic rings. The van der Waals surface area contributed by atoms with Crippen molar-refractivity contribution >= 4 is 54.0 Å². The molecule has 0 atom stereocenters. The molecule has 1 aromatic heterocycles. The fourth-order valence-electron chi connectivity index (χ4n) is 5.43. The highest BCUT2D eigenvalue weighted by atomic mass is 32.2. The molecule has 5 aromatic carbocycles. The number of nitrogens with zero attached hydrogens (tertiary/aromatic N) is 1. The Morgan fingerprint density at radius 1 is 0.600 bits per heavy atom. The van der Waals surface area contributed by atoms with Crippen molar-refractivity contribution < 1.29 is 64.7 Å². The van der Waals surface area contributed by atoms with E-state index in [1.807, 2.05) is 27.7 Å². The Bertz CT molecular complexity index is 2840. The lowest BCUT2D eigenvalue weighted by molar-refractivity contribution is 0.0598. The molecule has 19 heteroatoms. The number of benzene rings is 5. The number of carbonyl (C=O) groups excluding carboxylic acids is 2. The number of hydrogen-bond donors (Lipinski definition) is 2. The quantitative estimate of drug-likeness (QED) is 0.0862. The SMILES string of the molecule is C.CC(C)Oc1cc(Oc2ccc(S(C)(=O)=O)cc2)cc(C(=O)Nc2ncc(Oc3cccc(C(=O)O)c3)s2)c1.COC(=O)c1cc(Oc2ccc(S(C)(=O)=O)cc2)cc(OC(C)C)c1. The second kappa shape index (κ2) is 22.1. The first-order valence-electron chi connectivity index (χ1n) is 19.1. The van der Waals surface area contributed by atoms with Gasteiger partial charge < -0.3 is 33.5 Å². The summed E-state index contributed by atoms with van der Waals surface area (Å²) in [5.41, 5.74) is 0.615. The third-order valence-corrected chi connectivity index (χ3v) is 11.2. The molecule has 6 rings (SSSR count). The van der Waals surface area contributed by atoms with E-state index in [9.17, 15) is 31.2 Å². The van der Waals surface area contributed by atoms with Crippen molar-refractivity contribution in [2.24, 2.45) is 0 Å². The average molecular weight is 949 g/mol. The monoisotopic (exact) mass is 948 g/mol. The maximum Gasteiger partial charge on any atom is 0.338 e. The minimum atomic E-state index is -3.35. The van der Waals surface area contributed by atoms with Crippen LogP contribution in [0.2, 0.25) is 0 Å². The van der Waals surface area contributed by atoms with E-state index in [2.05, 4.69) is 10.3 Å². The van der Waals surface area contributed by atoms with Crippen LogP contribution in [0.4, 0.5) is 5.13 Å². The van der Waals surface area contributed by atoms with Crippen molar-refractivity contribution in [3.8, 4) is 45.3 Å². The van der Waals surface area contributed by atoms with Gasteiger partial charge in [-0.1, -0.05) is 24.8 Å². The minimum Gasteiger partial charge on any atom is -0.491 e. The Labute approximate surface area is 381 Å². The first kappa shape index (κ1) is 50.7. The largest absolute Gasteiger partial charge is 0.491 e. The van der Waals surface area contributed by atoms with Gasteiger partial charge in [0.2, 0.25) is 5.06 Å². The number of hydrogen-bond acceptors (Lipinski definition) is 15. The van der Waals surface area contributed by atoms with Gasteiger partial charge in [-0.2, -0.15) is 0 Å². The summed E-state index contributed by atoms with van der Waals surface area (Å²) in [4.78, 5) is 40.6. The molecule has 344 valence electrons. The van der Waals surface area contributed by atoms with Gasteiger partial charge in [0.05, 0.1) is 46.4 Å². The number of ether oxygens (including phenoxy) is 6. The maximum absolute atomic E-state index is 13.1. The van der Waals surface area contributed by atoms with Crippen LogP contribution in [0.15, 0.2) is 125 Å². The van der Waals surface area contributed by atoms with E-state index < -0.39 is 37.5 Å². The summed E-state index contributed by atoms with van der Waals surface area (Å²) in [6.45, 7) is 7.44. The Kier molecular flexibility index (Phi) is 17.2. The molecule has 0 aliphatic rings.